The van der Waals surface area contributed by atoms with E-state index in [1.807, 2.05) is 0 Å². The molecule has 0 saturated carbocycles. The Balaban J connectivity index is 1.41. The number of phenols is 1. The van der Waals surface area contributed by atoms with Crippen LogP contribution in [0.3, 0.4) is 0 Å². The Bertz CT molecular complexity index is 2450. The highest BCUT2D eigenvalue weighted by molar-refractivity contribution is 6.42. The van der Waals surface area contributed by atoms with Crippen molar-refractivity contribution in [3.05, 3.63) is 127 Å². The molecule has 0 radical (unpaired) electrons. The van der Waals surface area contributed by atoms with Crippen LogP contribution in [-0.2, 0) is 16.0 Å². The van der Waals surface area contributed by atoms with E-state index in [0.29, 0.717) is 49.3 Å². The third-order valence-electron chi connectivity index (χ3n) is 8.87. The molecule has 1 atom stereocenters. The molecule has 0 spiro atoms. The summed E-state index contributed by atoms with van der Waals surface area (Å²) in [4.78, 5) is 53.5. The van der Waals surface area contributed by atoms with Crippen molar-refractivity contribution >= 4 is 92.0 Å². The molecule has 2 aromatic heterocycles. The van der Waals surface area contributed by atoms with Crippen LogP contribution in [0, 0.1) is 13.8 Å². The zero-order valence-corrected chi connectivity index (χ0v) is 30.3. The maximum Gasteiger partial charge on any atom is 0.318 e. The molecule has 0 fully saturated rings. The molecule has 0 amide bonds. The standard InChI is InChI=1S/C38H28Cl4N2O7/c1-4-24(35-19(3)44(33-11-7-22(45)15-27(33)35)37(49)21-6-10-29(40)31(42)14-21)38(50)51-23-8-12-32-26(16-23)25(17-34(46)47)18(2)43(32)36(48)20-5-9-28(39)30(41)13-20/h5-16,24,45H,4,17H2,1-3H3,(H,46,47). The van der Waals surface area contributed by atoms with Crippen molar-refractivity contribution in [1.29, 1.82) is 0 Å². The van der Waals surface area contributed by atoms with E-state index in [1.54, 1.807) is 39.0 Å². The zero-order chi connectivity index (χ0) is 36.9. The largest absolute Gasteiger partial charge is 0.508 e. The number of nitrogens with zero attached hydrogens (tertiary/aromatic N) is 2. The number of carbonyl (C=O) groups is 4. The number of aromatic nitrogens is 2. The zero-order valence-electron chi connectivity index (χ0n) is 27.3. The van der Waals surface area contributed by atoms with Crippen molar-refractivity contribution in [3.63, 3.8) is 0 Å². The first-order valence-electron chi connectivity index (χ1n) is 15.6. The number of ether oxygens (including phenoxy) is 1. The number of hydrogen-bond acceptors (Lipinski definition) is 6. The lowest BCUT2D eigenvalue weighted by Gasteiger charge is -2.16. The highest BCUT2D eigenvalue weighted by atomic mass is 35.5. The predicted molar refractivity (Wildman–Crippen MR) is 197 cm³/mol. The number of carboxylic acids is 1. The van der Waals surface area contributed by atoms with Crippen LogP contribution in [0.1, 0.15) is 62.5 Å². The lowest BCUT2D eigenvalue weighted by Crippen LogP contribution is -2.20. The number of aromatic hydroxyl groups is 1. The van der Waals surface area contributed by atoms with Gasteiger partial charge < -0.3 is 14.9 Å². The summed E-state index contributed by atoms with van der Waals surface area (Å²) >= 11 is 24.5. The van der Waals surface area contributed by atoms with Crippen molar-refractivity contribution in [2.45, 2.75) is 39.5 Å². The van der Waals surface area contributed by atoms with Gasteiger partial charge in [0, 0.05) is 33.3 Å². The van der Waals surface area contributed by atoms with E-state index in [0.717, 1.165) is 0 Å². The van der Waals surface area contributed by atoms with Crippen LogP contribution in [0.25, 0.3) is 21.8 Å². The molecule has 13 heteroatoms. The van der Waals surface area contributed by atoms with Gasteiger partial charge in [0.15, 0.2) is 0 Å². The van der Waals surface area contributed by atoms with Gasteiger partial charge in [-0.05, 0) is 104 Å². The van der Waals surface area contributed by atoms with E-state index in [1.165, 1.54) is 63.7 Å². The fourth-order valence-electron chi connectivity index (χ4n) is 6.49. The Kier molecular flexibility index (Phi) is 9.94. The molecule has 0 aliphatic carbocycles. The second kappa shape index (κ2) is 14.1. The third kappa shape index (κ3) is 6.58. The molecule has 2 heterocycles. The Morgan fingerprint density at radius 1 is 0.706 bits per heavy atom. The van der Waals surface area contributed by atoms with Crippen LogP contribution >= 0.6 is 46.4 Å². The second-order valence-corrected chi connectivity index (χ2v) is 13.6. The van der Waals surface area contributed by atoms with Gasteiger partial charge in [-0.15, -0.1) is 0 Å². The summed E-state index contributed by atoms with van der Waals surface area (Å²) in [7, 11) is 0. The first kappa shape index (κ1) is 36.0. The highest BCUT2D eigenvalue weighted by Crippen LogP contribution is 2.38. The number of esters is 1. The smallest absolute Gasteiger partial charge is 0.318 e. The van der Waals surface area contributed by atoms with Gasteiger partial charge in [0.05, 0.1) is 43.5 Å². The average Bonchev–Trinajstić information content (AvgIpc) is 3.51. The molecule has 6 rings (SSSR count). The van der Waals surface area contributed by atoms with E-state index in [9.17, 15) is 29.4 Å². The van der Waals surface area contributed by atoms with Gasteiger partial charge in [0.2, 0.25) is 0 Å². The molecular formula is C38H28Cl4N2O7. The summed E-state index contributed by atoms with van der Waals surface area (Å²) in [6, 6.07) is 18.2. The number of carboxylic acid groups (broad SMARTS) is 1. The lowest BCUT2D eigenvalue weighted by atomic mass is 9.93. The molecule has 51 heavy (non-hydrogen) atoms. The van der Waals surface area contributed by atoms with Crippen LogP contribution in [0.2, 0.25) is 20.1 Å². The van der Waals surface area contributed by atoms with Crippen molar-refractivity contribution in [2.75, 3.05) is 0 Å². The molecule has 0 saturated heterocycles. The van der Waals surface area contributed by atoms with Gasteiger partial charge in [0.25, 0.3) is 11.8 Å². The Hall–Kier alpha value is -4.80. The highest BCUT2D eigenvalue weighted by Gasteiger charge is 2.31. The van der Waals surface area contributed by atoms with Crippen molar-refractivity contribution in [3.8, 4) is 11.5 Å². The van der Waals surface area contributed by atoms with Gasteiger partial charge in [-0.1, -0.05) is 53.3 Å². The normalized spacial score (nSPS) is 12.0. The van der Waals surface area contributed by atoms with Gasteiger partial charge in [-0.25, -0.2) is 0 Å². The number of carbonyl (C=O) groups excluding carboxylic acids is 3. The fraction of sp³-hybridized carbons (Fsp3) is 0.158. The van der Waals surface area contributed by atoms with Crippen LogP contribution < -0.4 is 4.74 Å². The Morgan fingerprint density at radius 2 is 1.25 bits per heavy atom. The van der Waals surface area contributed by atoms with Gasteiger partial charge in [-0.2, -0.15) is 0 Å². The van der Waals surface area contributed by atoms with Crippen molar-refractivity contribution in [2.24, 2.45) is 0 Å². The Morgan fingerprint density at radius 3 is 1.80 bits per heavy atom. The molecule has 0 aliphatic rings. The summed E-state index contributed by atoms with van der Waals surface area (Å²) in [5.41, 5.74) is 3.09. The number of benzene rings is 4. The minimum atomic E-state index is -1.11. The third-order valence-corrected chi connectivity index (χ3v) is 10.3. The van der Waals surface area contributed by atoms with Crippen LogP contribution in [0.4, 0.5) is 0 Å². The van der Waals surface area contributed by atoms with Crippen LogP contribution in [0.5, 0.6) is 11.5 Å². The molecule has 0 bridgehead atoms. The maximum absolute atomic E-state index is 14.0. The van der Waals surface area contributed by atoms with E-state index < -0.39 is 36.1 Å². The average molecular weight is 766 g/mol. The SMILES string of the molecule is CCC(C(=O)Oc1ccc2c(c1)c(CC(=O)O)c(C)n2C(=O)c1ccc(Cl)c(Cl)c1)c1c(C)n(C(=O)c2ccc(Cl)c(Cl)c2)c2ccc(O)cc12. The minimum absolute atomic E-state index is 0.0576. The molecule has 4 aromatic carbocycles. The summed E-state index contributed by atoms with van der Waals surface area (Å²) in [5, 5.41) is 22.0. The molecule has 0 aliphatic heterocycles. The number of phenolic OH excluding ortho intramolecular Hbond substituents is 1. The summed E-state index contributed by atoms with van der Waals surface area (Å²) in [5.74, 6) is -3.44. The first-order chi connectivity index (χ1) is 24.2. The second-order valence-electron chi connectivity index (χ2n) is 11.9. The fourth-order valence-corrected chi connectivity index (χ4v) is 7.08. The van der Waals surface area contributed by atoms with E-state index in [-0.39, 0.29) is 44.1 Å². The lowest BCUT2D eigenvalue weighted by molar-refractivity contribution is -0.137. The van der Waals surface area contributed by atoms with E-state index in [2.05, 4.69) is 0 Å². The Labute approximate surface area is 311 Å². The summed E-state index contributed by atoms with van der Waals surface area (Å²) in [6.07, 6.45) is -0.121. The summed E-state index contributed by atoms with van der Waals surface area (Å²) < 4.78 is 8.78. The van der Waals surface area contributed by atoms with Crippen LogP contribution in [-0.4, -0.2) is 43.1 Å². The van der Waals surface area contributed by atoms with Crippen LogP contribution in [0.15, 0.2) is 72.8 Å². The monoisotopic (exact) mass is 764 g/mol. The number of fused-ring (bicyclic) bond motifs is 2. The quantitative estimate of drug-likeness (QED) is 0.117. The van der Waals surface area contributed by atoms with E-state index >= 15 is 0 Å². The van der Waals surface area contributed by atoms with Gasteiger partial charge in [-0.3, -0.25) is 28.3 Å². The topological polar surface area (TPSA) is 128 Å². The van der Waals surface area contributed by atoms with Gasteiger partial charge in [0.1, 0.15) is 11.5 Å². The molecule has 2 N–H and O–H groups in total. The molecule has 9 nitrogen and oxygen atoms in total. The number of halogens is 4. The molecular weight excluding hydrogens is 738 g/mol. The maximum atomic E-state index is 14.0. The van der Waals surface area contributed by atoms with Crippen molar-refractivity contribution in [1.82, 2.24) is 9.13 Å². The first-order valence-corrected chi connectivity index (χ1v) is 17.1. The molecule has 1 unspecified atom stereocenters. The predicted octanol–water partition coefficient (Wildman–Crippen LogP) is 9.64. The number of rotatable bonds is 8. The van der Waals surface area contributed by atoms with E-state index in [4.69, 9.17) is 51.1 Å². The summed E-state index contributed by atoms with van der Waals surface area (Å²) in [6.45, 7) is 5.14. The van der Waals surface area contributed by atoms with Gasteiger partial charge >= 0.3 is 11.9 Å². The number of aliphatic carboxylic acids is 1. The number of hydrogen-bond donors (Lipinski definition) is 2. The van der Waals surface area contributed by atoms with Crippen molar-refractivity contribution < 1.29 is 34.1 Å². The minimum Gasteiger partial charge on any atom is -0.508 e. The molecule has 6 aromatic rings. The molecule has 260 valence electrons.